The van der Waals surface area contributed by atoms with Gasteiger partial charge in [-0.3, -0.25) is 4.79 Å². The van der Waals surface area contributed by atoms with Gasteiger partial charge in [0.2, 0.25) is 0 Å². The van der Waals surface area contributed by atoms with Gasteiger partial charge in [0.05, 0.1) is 5.92 Å². The highest BCUT2D eigenvalue weighted by atomic mass is 16.4. The summed E-state index contributed by atoms with van der Waals surface area (Å²) in [7, 11) is 0. The first-order chi connectivity index (χ1) is 12.5. The van der Waals surface area contributed by atoms with Gasteiger partial charge in [-0.25, -0.2) is 0 Å². The molecule has 0 aromatic heterocycles. The van der Waals surface area contributed by atoms with E-state index in [0.717, 1.165) is 30.7 Å². The summed E-state index contributed by atoms with van der Waals surface area (Å²) < 4.78 is 0. The zero-order chi connectivity index (χ0) is 18.6. The topological polar surface area (TPSA) is 57.5 Å². The Morgan fingerprint density at radius 1 is 1.23 bits per heavy atom. The van der Waals surface area contributed by atoms with Crippen molar-refractivity contribution in [2.24, 2.45) is 17.3 Å². The third-order valence-corrected chi connectivity index (χ3v) is 6.72. The molecule has 2 aliphatic rings. The summed E-state index contributed by atoms with van der Waals surface area (Å²) in [4.78, 5) is 11.8. The number of benzene rings is 1. The fraction of sp³-hybridized carbons (Fsp3) is 0.609. The van der Waals surface area contributed by atoms with Crippen LogP contribution in [0.4, 0.5) is 0 Å². The van der Waals surface area contributed by atoms with Crippen molar-refractivity contribution in [3.63, 3.8) is 0 Å². The summed E-state index contributed by atoms with van der Waals surface area (Å²) in [6.07, 6.45) is 14.9. The highest BCUT2D eigenvalue weighted by molar-refractivity contribution is 5.71. The zero-order valence-electron chi connectivity index (χ0n) is 15.9. The van der Waals surface area contributed by atoms with Crippen molar-refractivity contribution in [3.8, 4) is 5.75 Å². The molecule has 0 radical (unpaired) electrons. The predicted molar refractivity (Wildman–Crippen MR) is 104 cm³/mol. The van der Waals surface area contributed by atoms with Crippen LogP contribution >= 0.6 is 0 Å². The molecular formula is C23H32O3. The molecular weight excluding hydrogens is 324 g/mol. The second-order valence-electron chi connectivity index (χ2n) is 8.49. The van der Waals surface area contributed by atoms with E-state index in [9.17, 15) is 15.0 Å². The first kappa shape index (κ1) is 19.0. The van der Waals surface area contributed by atoms with E-state index in [0.29, 0.717) is 11.8 Å². The van der Waals surface area contributed by atoms with Crippen molar-refractivity contribution >= 4 is 5.97 Å². The second kappa shape index (κ2) is 8.28. The highest BCUT2D eigenvalue weighted by Gasteiger charge is 2.43. The Kier molecular flexibility index (Phi) is 6.05. The molecule has 0 heterocycles. The van der Waals surface area contributed by atoms with E-state index >= 15 is 0 Å². The first-order valence-electron chi connectivity index (χ1n) is 10.2. The minimum atomic E-state index is -0.716. The number of hydrogen-bond acceptors (Lipinski definition) is 2. The Labute approximate surface area is 157 Å². The van der Waals surface area contributed by atoms with Crippen molar-refractivity contribution in [2.45, 2.75) is 70.6 Å². The Balaban J connectivity index is 1.69. The average molecular weight is 357 g/mol. The van der Waals surface area contributed by atoms with Gasteiger partial charge in [0.1, 0.15) is 5.75 Å². The lowest BCUT2D eigenvalue weighted by atomic mass is 9.79. The van der Waals surface area contributed by atoms with E-state index in [4.69, 9.17) is 0 Å². The summed E-state index contributed by atoms with van der Waals surface area (Å²) in [5, 5.41) is 19.3. The molecule has 1 aromatic carbocycles. The lowest BCUT2D eigenvalue weighted by molar-refractivity contribution is -0.142. The lowest BCUT2D eigenvalue weighted by Crippen LogP contribution is -2.22. The molecule has 0 spiro atoms. The van der Waals surface area contributed by atoms with Crippen LogP contribution in [-0.4, -0.2) is 16.2 Å². The number of carbonyl (C=O) groups is 1. The highest BCUT2D eigenvalue weighted by Crippen LogP contribution is 2.56. The summed E-state index contributed by atoms with van der Waals surface area (Å²) in [5.41, 5.74) is 1.55. The van der Waals surface area contributed by atoms with Crippen LogP contribution in [0.25, 0.3) is 0 Å². The molecule has 2 N–H and O–H groups in total. The minimum Gasteiger partial charge on any atom is -0.508 e. The fourth-order valence-electron chi connectivity index (χ4n) is 5.24. The predicted octanol–water partition coefficient (Wildman–Crippen LogP) is 5.89. The number of phenols is 1. The molecule has 142 valence electrons. The van der Waals surface area contributed by atoms with E-state index in [1.165, 1.54) is 32.1 Å². The molecule has 3 nitrogen and oxygen atoms in total. The summed E-state index contributed by atoms with van der Waals surface area (Å²) in [6.45, 7) is 2.04. The number of rotatable bonds is 9. The van der Waals surface area contributed by atoms with E-state index in [2.05, 4.69) is 12.2 Å². The van der Waals surface area contributed by atoms with Gasteiger partial charge in [-0.1, -0.05) is 37.6 Å². The molecule has 26 heavy (non-hydrogen) atoms. The Morgan fingerprint density at radius 2 is 1.92 bits per heavy atom. The van der Waals surface area contributed by atoms with Gasteiger partial charge in [-0.05, 0) is 80.4 Å². The summed E-state index contributed by atoms with van der Waals surface area (Å²) in [5.74, 6) is 0.0540. The maximum Gasteiger partial charge on any atom is 0.307 e. The molecule has 2 bridgehead atoms. The molecule has 1 aromatic rings. The molecule has 3 heteroatoms. The van der Waals surface area contributed by atoms with Gasteiger partial charge in [-0.15, -0.1) is 0 Å². The number of fused-ring (bicyclic) bond motifs is 2. The number of phenolic OH excluding ortho intramolecular Hbond substituents is 1. The van der Waals surface area contributed by atoms with Crippen LogP contribution in [0.5, 0.6) is 5.75 Å². The van der Waals surface area contributed by atoms with Gasteiger partial charge in [0.25, 0.3) is 0 Å². The Morgan fingerprint density at radius 3 is 2.46 bits per heavy atom. The molecule has 0 amide bonds. The van der Waals surface area contributed by atoms with Crippen molar-refractivity contribution < 1.29 is 15.0 Å². The third kappa shape index (κ3) is 4.31. The number of aliphatic carboxylic acids is 1. The average Bonchev–Trinajstić information content (AvgIpc) is 3.22. The molecule has 0 saturated heterocycles. The normalized spacial score (nSPS) is 27.0. The first-order valence-corrected chi connectivity index (χ1v) is 10.2. The molecule has 2 atom stereocenters. The number of hydrogen-bond donors (Lipinski definition) is 2. The number of carboxylic acid groups (broad SMARTS) is 1. The molecule has 3 rings (SSSR count). The van der Waals surface area contributed by atoms with E-state index < -0.39 is 5.97 Å². The van der Waals surface area contributed by atoms with Gasteiger partial charge in [0.15, 0.2) is 0 Å². The molecule has 2 unspecified atom stereocenters. The number of carboxylic acids is 1. The zero-order valence-corrected chi connectivity index (χ0v) is 15.9. The third-order valence-electron chi connectivity index (χ3n) is 6.72. The Hall–Kier alpha value is -1.77. The van der Waals surface area contributed by atoms with Crippen LogP contribution in [-0.2, 0) is 4.79 Å². The maximum absolute atomic E-state index is 11.8. The monoisotopic (exact) mass is 356 g/mol. The SMILES string of the molecule is CCCC(C(=O)O)C(CC=CCC12CCC(CC1)C2)c1ccc(O)cc1. The standard InChI is InChI=1S/C23H32O3/c1-2-5-21(22(25)26)20(18-7-9-19(24)10-8-18)6-3-4-13-23-14-11-17(16-23)12-15-23/h3-4,7-10,17,20-21,24H,2,5-6,11-16H2,1H3,(H,25,26). The van der Waals surface area contributed by atoms with E-state index in [-0.39, 0.29) is 17.6 Å². The fourth-order valence-corrected chi connectivity index (χ4v) is 5.24. The largest absolute Gasteiger partial charge is 0.508 e. The molecule has 2 fully saturated rings. The van der Waals surface area contributed by atoms with Gasteiger partial charge < -0.3 is 10.2 Å². The van der Waals surface area contributed by atoms with Crippen molar-refractivity contribution in [1.29, 1.82) is 0 Å². The maximum atomic E-state index is 11.8. The number of allylic oxidation sites excluding steroid dienone is 2. The van der Waals surface area contributed by atoms with Crippen LogP contribution in [0.15, 0.2) is 36.4 Å². The Bertz CT molecular complexity index is 623. The lowest BCUT2D eigenvalue weighted by Gasteiger charge is -2.25. The van der Waals surface area contributed by atoms with Crippen molar-refractivity contribution in [3.05, 3.63) is 42.0 Å². The smallest absolute Gasteiger partial charge is 0.307 e. The van der Waals surface area contributed by atoms with Crippen LogP contribution in [0.1, 0.15) is 76.2 Å². The van der Waals surface area contributed by atoms with Crippen LogP contribution in [0.3, 0.4) is 0 Å². The van der Waals surface area contributed by atoms with Crippen LogP contribution in [0.2, 0.25) is 0 Å². The number of aromatic hydroxyl groups is 1. The van der Waals surface area contributed by atoms with Gasteiger partial charge in [0, 0.05) is 5.92 Å². The van der Waals surface area contributed by atoms with Crippen LogP contribution in [0, 0.1) is 17.3 Å². The molecule has 0 aliphatic heterocycles. The van der Waals surface area contributed by atoms with E-state index in [1.807, 2.05) is 19.1 Å². The summed E-state index contributed by atoms with van der Waals surface area (Å²) in [6, 6.07) is 7.06. The van der Waals surface area contributed by atoms with Crippen molar-refractivity contribution in [2.75, 3.05) is 0 Å². The molecule has 2 saturated carbocycles. The second-order valence-corrected chi connectivity index (χ2v) is 8.49. The van der Waals surface area contributed by atoms with Gasteiger partial charge >= 0.3 is 5.97 Å². The minimum absolute atomic E-state index is 0.0401. The summed E-state index contributed by atoms with van der Waals surface area (Å²) >= 11 is 0. The van der Waals surface area contributed by atoms with E-state index in [1.54, 1.807) is 12.1 Å². The van der Waals surface area contributed by atoms with Crippen LogP contribution < -0.4 is 0 Å². The quantitative estimate of drug-likeness (QED) is 0.542. The van der Waals surface area contributed by atoms with Crippen molar-refractivity contribution in [1.82, 2.24) is 0 Å². The van der Waals surface area contributed by atoms with Gasteiger partial charge in [-0.2, -0.15) is 0 Å². The molecule has 2 aliphatic carbocycles.